The Balaban J connectivity index is 0.00000155. The molecule has 1 amide bonds. The second kappa shape index (κ2) is 16.9. The Morgan fingerprint density at radius 2 is 1.79 bits per heavy atom. The molecule has 226 valence electrons. The van der Waals surface area contributed by atoms with Gasteiger partial charge in [-0.2, -0.15) is 5.26 Å². The largest absolute Gasteiger partial charge is 0.395 e. The number of carbonyl (C=O) groups excluding carboxylic acids is 1. The lowest BCUT2D eigenvalue weighted by molar-refractivity contribution is -0.117. The molecule has 1 fully saturated rings. The number of anilines is 2. The van der Waals surface area contributed by atoms with Gasteiger partial charge in [-0.1, -0.05) is 44.0 Å². The number of thiazole rings is 1. The molecule has 12 heteroatoms. The Hall–Kier alpha value is -3.34. The highest BCUT2D eigenvalue weighted by Gasteiger charge is 2.20. The van der Waals surface area contributed by atoms with Crippen LogP contribution < -0.4 is 10.0 Å². The molecule has 0 bridgehead atoms. The van der Waals surface area contributed by atoms with Gasteiger partial charge in [-0.25, -0.2) is 13.4 Å². The normalized spacial score (nSPS) is 14.0. The van der Waals surface area contributed by atoms with Crippen molar-refractivity contribution in [1.82, 2.24) is 14.8 Å². The van der Waals surface area contributed by atoms with E-state index >= 15 is 0 Å². The van der Waals surface area contributed by atoms with Gasteiger partial charge in [0.1, 0.15) is 0 Å². The van der Waals surface area contributed by atoms with E-state index < -0.39 is 10.0 Å². The standard InChI is InChI=1S/C28H37N5O4S2.C2H3N/c1-2-3-4-6-22-9-11-24(12-10-22)31-39(36,37)25-8-5-7-23(19-25)26-21-38-28(29-26)30-27(35)20-33-15-13-32(14-16-33)17-18-34;1-2-3/h5,7-12,19,21,31,34H,2-4,6,13-18,20H2,1H3,(H,29,30,35);1H3. The fraction of sp³-hybridized carbons (Fsp3) is 0.433. The number of aliphatic hydroxyl groups is 1. The van der Waals surface area contributed by atoms with E-state index in [9.17, 15) is 13.2 Å². The van der Waals surface area contributed by atoms with Gasteiger partial charge in [-0.05, 0) is 42.7 Å². The van der Waals surface area contributed by atoms with Crippen LogP contribution in [0.1, 0.15) is 38.7 Å². The van der Waals surface area contributed by atoms with Crippen LogP contribution >= 0.6 is 11.3 Å². The summed E-state index contributed by atoms with van der Waals surface area (Å²) in [7, 11) is -3.78. The number of nitriles is 1. The molecule has 1 aliphatic heterocycles. The first-order valence-electron chi connectivity index (χ1n) is 14.1. The number of aromatic nitrogens is 1. The lowest BCUT2D eigenvalue weighted by atomic mass is 10.1. The van der Waals surface area contributed by atoms with Gasteiger partial charge in [-0.3, -0.25) is 19.3 Å². The van der Waals surface area contributed by atoms with E-state index in [4.69, 9.17) is 10.4 Å². The number of β-amino-alcohol motifs (C(OH)–C–C–N with tert-alkyl or cyclic N) is 1. The number of hydrogen-bond donors (Lipinski definition) is 3. The summed E-state index contributed by atoms with van der Waals surface area (Å²) in [6.45, 7) is 7.88. The zero-order chi connectivity index (χ0) is 30.4. The number of nitrogens with zero attached hydrogens (tertiary/aromatic N) is 4. The van der Waals surface area contributed by atoms with Crippen molar-refractivity contribution < 1.29 is 18.3 Å². The molecule has 1 aromatic heterocycles. The molecule has 3 N–H and O–H groups in total. The van der Waals surface area contributed by atoms with Crippen LogP contribution in [0, 0.1) is 11.3 Å². The van der Waals surface area contributed by atoms with E-state index in [2.05, 4.69) is 31.7 Å². The van der Waals surface area contributed by atoms with Crippen molar-refractivity contribution >= 4 is 38.1 Å². The van der Waals surface area contributed by atoms with Gasteiger partial charge in [0.15, 0.2) is 5.13 Å². The summed E-state index contributed by atoms with van der Waals surface area (Å²) in [6, 6.07) is 15.9. The van der Waals surface area contributed by atoms with Crippen LogP contribution in [0.4, 0.5) is 10.8 Å². The number of unbranched alkanes of at least 4 members (excludes halogenated alkanes) is 2. The minimum absolute atomic E-state index is 0.136. The smallest absolute Gasteiger partial charge is 0.261 e. The molecule has 0 spiro atoms. The first kappa shape index (κ1) is 33.2. The molecule has 0 atom stereocenters. The van der Waals surface area contributed by atoms with Crippen molar-refractivity contribution in [2.45, 2.75) is 44.4 Å². The first-order valence-corrected chi connectivity index (χ1v) is 16.5. The predicted octanol–water partition coefficient (Wildman–Crippen LogP) is 4.42. The molecule has 0 radical (unpaired) electrons. The summed E-state index contributed by atoms with van der Waals surface area (Å²) in [5, 5.41) is 21.5. The molecule has 42 heavy (non-hydrogen) atoms. The minimum atomic E-state index is -3.78. The van der Waals surface area contributed by atoms with Gasteiger partial charge in [0.2, 0.25) is 5.91 Å². The number of aliphatic hydroxyl groups excluding tert-OH is 1. The SMILES string of the molecule is CC#N.CCCCCc1ccc(NS(=O)(=O)c2cccc(-c3csc(NC(=O)CN4CCN(CCO)CC4)n3)c2)cc1. The van der Waals surface area contributed by atoms with E-state index in [0.717, 1.165) is 39.0 Å². The van der Waals surface area contributed by atoms with Crippen molar-refractivity contribution in [2.24, 2.45) is 0 Å². The average molecular weight is 613 g/mol. The molecule has 4 rings (SSSR count). The van der Waals surface area contributed by atoms with Crippen molar-refractivity contribution in [3.63, 3.8) is 0 Å². The Kier molecular flexibility index (Phi) is 13.4. The van der Waals surface area contributed by atoms with Crippen LogP contribution in [0.15, 0.2) is 58.8 Å². The second-order valence-electron chi connectivity index (χ2n) is 9.94. The summed E-state index contributed by atoms with van der Waals surface area (Å²) in [4.78, 5) is 21.5. The molecule has 0 saturated carbocycles. The maximum absolute atomic E-state index is 13.1. The number of amides is 1. The molecule has 3 aromatic rings. The van der Waals surface area contributed by atoms with E-state index in [1.165, 1.54) is 36.7 Å². The zero-order valence-electron chi connectivity index (χ0n) is 24.3. The van der Waals surface area contributed by atoms with E-state index in [-0.39, 0.29) is 24.0 Å². The Labute approximate surface area is 253 Å². The van der Waals surface area contributed by atoms with Gasteiger partial charge < -0.3 is 10.4 Å². The van der Waals surface area contributed by atoms with Gasteiger partial charge >= 0.3 is 0 Å². The fourth-order valence-corrected chi connectivity index (χ4v) is 6.33. The van der Waals surface area contributed by atoms with Gasteiger partial charge in [-0.15, -0.1) is 11.3 Å². The van der Waals surface area contributed by atoms with E-state index in [1.807, 2.05) is 12.1 Å². The Morgan fingerprint density at radius 1 is 1.10 bits per heavy atom. The fourth-order valence-electron chi connectivity index (χ4n) is 4.49. The van der Waals surface area contributed by atoms with Crippen LogP contribution in [-0.4, -0.2) is 80.1 Å². The zero-order valence-corrected chi connectivity index (χ0v) is 25.9. The van der Waals surface area contributed by atoms with Gasteiger partial charge in [0.05, 0.1) is 29.8 Å². The van der Waals surface area contributed by atoms with Gasteiger partial charge in [0, 0.05) is 56.3 Å². The molecule has 10 nitrogen and oxygen atoms in total. The number of rotatable bonds is 13. The highest BCUT2D eigenvalue weighted by molar-refractivity contribution is 7.92. The highest BCUT2D eigenvalue weighted by atomic mass is 32.2. The molecular weight excluding hydrogens is 573 g/mol. The molecular formula is C30H40N6O4S2. The monoisotopic (exact) mass is 612 g/mol. The number of benzene rings is 2. The summed E-state index contributed by atoms with van der Waals surface area (Å²) in [6.07, 6.45) is 4.46. The average Bonchev–Trinajstić information content (AvgIpc) is 3.44. The lowest BCUT2D eigenvalue weighted by Gasteiger charge is -2.33. The third-order valence-electron chi connectivity index (χ3n) is 6.71. The Morgan fingerprint density at radius 3 is 2.45 bits per heavy atom. The number of aryl methyl sites for hydroxylation is 1. The number of piperazine rings is 1. The molecule has 2 heterocycles. The van der Waals surface area contributed by atoms with Crippen molar-refractivity contribution in [1.29, 1.82) is 5.26 Å². The summed E-state index contributed by atoms with van der Waals surface area (Å²) in [5.41, 5.74) is 2.97. The molecule has 0 aliphatic carbocycles. The topological polar surface area (TPSA) is 139 Å². The van der Waals surface area contributed by atoms with Crippen LogP contribution in [0.25, 0.3) is 11.3 Å². The summed E-state index contributed by atoms with van der Waals surface area (Å²) in [5.74, 6) is -0.136. The van der Waals surface area contributed by atoms with Crippen LogP contribution in [0.3, 0.4) is 0 Å². The van der Waals surface area contributed by atoms with Crippen molar-refractivity contribution in [2.75, 3.05) is 55.9 Å². The van der Waals surface area contributed by atoms with Crippen LogP contribution in [0.5, 0.6) is 0 Å². The Bertz CT molecular complexity index is 1410. The van der Waals surface area contributed by atoms with Crippen molar-refractivity contribution in [3.8, 4) is 17.3 Å². The van der Waals surface area contributed by atoms with Gasteiger partial charge in [0.25, 0.3) is 10.0 Å². The summed E-state index contributed by atoms with van der Waals surface area (Å²) < 4.78 is 28.8. The first-order chi connectivity index (χ1) is 20.3. The third kappa shape index (κ3) is 10.5. The minimum Gasteiger partial charge on any atom is -0.395 e. The highest BCUT2D eigenvalue weighted by Crippen LogP contribution is 2.27. The third-order valence-corrected chi connectivity index (χ3v) is 8.85. The number of nitrogens with one attached hydrogen (secondary N) is 2. The second-order valence-corrected chi connectivity index (χ2v) is 12.5. The maximum Gasteiger partial charge on any atom is 0.261 e. The molecule has 2 aromatic carbocycles. The van der Waals surface area contributed by atoms with E-state index in [0.29, 0.717) is 28.6 Å². The number of carbonyl (C=O) groups is 1. The molecule has 1 aliphatic rings. The number of sulfonamides is 1. The lowest BCUT2D eigenvalue weighted by Crippen LogP contribution is -2.49. The number of hydrogen-bond acceptors (Lipinski definition) is 9. The maximum atomic E-state index is 13.1. The van der Waals surface area contributed by atoms with Crippen LogP contribution in [-0.2, 0) is 21.2 Å². The van der Waals surface area contributed by atoms with E-state index in [1.54, 1.807) is 47.8 Å². The molecule has 0 unspecified atom stereocenters. The summed E-state index contributed by atoms with van der Waals surface area (Å²) >= 11 is 1.30. The van der Waals surface area contributed by atoms with Crippen molar-refractivity contribution in [3.05, 3.63) is 59.5 Å². The predicted molar refractivity (Wildman–Crippen MR) is 168 cm³/mol. The quantitative estimate of drug-likeness (QED) is 0.241. The van der Waals surface area contributed by atoms with Crippen LogP contribution in [0.2, 0.25) is 0 Å². The molecule has 1 saturated heterocycles.